The lowest BCUT2D eigenvalue weighted by Crippen LogP contribution is -3.00. The van der Waals surface area contributed by atoms with Crippen LogP contribution in [-0.4, -0.2) is 0 Å². The molecule has 0 unspecified atom stereocenters. The van der Waals surface area contributed by atoms with Crippen LogP contribution in [-0.2, 0) is 13.5 Å². The maximum atomic E-state index is 3.45. The topological polar surface area (TPSA) is 3.88 Å². The molecule has 0 saturated heterocycles. The van der Waals surface area contributed by atoms with Gasteiger partial charge in [0.05, 0.1) is 16.3 Å². The minimum Gasteiger partial charge on any atom is -1.00 e. The molecule has 3 aromatic carbocycles. The van der Waals surface area contributed by atoms with Crippen molar-refractivity contribution in [3.05, 3.63) is 89.5 Å². The number of pyridine rings is 1. The highest BCUT2D eigenvalue weighted by Gasteiger charge is 2.15. The Hall–Kier alpha value is -2.38. The van der Waals surface area contributed by atoms with Crippen molar-refractivity contribution >= 4 is 21.8 Å². The average molecular weight is 449 g/mol. The van der Waals surface area contributed by atoms with Crippen LogP contribution in [0.3, 0.4) is 0 Å². The van der Waals surface area contributed by atoms with Crippen LogP contribution >= 0.6 is 0 Å². The molecule has 26 heavy (non-hydrogen) atoms. The molecule has 0 spiro atoms. The van der Waals surface area contributed by atoms with E-state index < -0.39 is 0 Å². The van der Waals surface area contributed by atoms with Crippen molar-refractivity contribution in [1.29, 1.82) is 0 Å². The smallest absolute Gasteiger partial charge is 0.214 e. The van der Waals surface area contributed by atoms with Crippen LogP contribution in [0.25, 0.3) is 21.8 Å². The number of nitrogens with zero attached hydrogens (tertiary/aromatic N) is 1. The van der Waals surface area contributed by atoms with E-state index in [-0.39, 0.29) is 24.0 Å². The number of rotatable bonds is 1. The monoisotopic (exact) mass is 449 g/mol. The predicted molar refractivity (Wildman–Crippen MR) is 104 cm³/mol. The number of benzene rings is 3. The molecule has 4 rings (SSSR count). The summed E-state index contributed by atoms with van der Waals surface area (Å²) in [4.78, 5) is 0. The Morgan fingerprint density at radius 1 is 0.731 bits per heavy atom. The maximum Gasteiger partial charge on any atom is 0.214 e. The summed E-state index contributed by atoms with van der Waals surface area (Å²) >= 11 is 0. The molecular formula is C24H20IN. The highest BCUT2D eigenvalue weighted by molar-refractivity contribution is 5.97. The lowest BCUT2D eigenvalue weighted by atomic mass is 10.0. The number of para-hydroxylation sites is 2. The third-order valence-electron chi connectivity index (χ3n) is 4.76. The minimum absolute atomic E-state index is 0. The van der Waals surface area contributed by atoms with Crippen LogP contribution in [0.1, 0.15) is 23.6 Å². The molecule has 1 aromatic heterocycles. The van der Waals surface area contributed by atoms with Gasteiger partial charge in [-0.2, -0.15) is 4.57 Å². The van der Waals surface area contributed by atoms with Crippen molar-refractivity contribution in [2.24, 2.45) is 7.05 Å². The van der Waals surface area contributed by atoms with E-state index in [1.807, 2.05) is 0 Å². The van der Waals surface area contributed by atoms with Gasteiger partial charge in [-0.15, -0.1) is 0 Å². The van der Waals surface area contributed by atoms with Gasteiger partial charge in [-0.25, -0.2) is 0 Å². The van der Waals surface area contributed by atoms with Crippen molar-refractivity contribution in [3.63, 3.8) is 0 Å². The quantitative estimate of drug-likeness (QED) is 0.181. The van der Waals surface area contributed by atoms with Crippen LogP contribution in [0.5, 0.6) is 0 Å². The van der Waals surface area contributed by atoms with Gasteiger partial charge in [-0.1, -0.05) is 55.2 Å². The van der Waals surface area contributed by atoms with E-state index in [1.165, 1.54) is 27.4 Å². The van der Waals surface area contributed by atoms with E-state index in [0.717, 1.165) is 17.5 Å². The highest BCUT2D eigenvalue weighted by Crippen LogP contribution is 2.23. The molecule has 1 nitrogen and oxygen atoms in total. The fraction of sp³-hybridized carbons (Fsp3) is 0.125. The molecule has 0 saturated carbocycles. The van der Waals surface area contributed by atoms with Crippen LogP contribution in [0.15, 0.2) is 72.8 Å². The van der Waals surface area contributed by atoms with Gasteiger partial charge in [-0.3, -0.25) is 0 Å². The predicted octanol–water partition coefficient (Wildman–Crippen LogP) is 1.78. The first-order chi connectivity index (χ1) is 12.3. The maximum absolute atomic E-state index is 3.45. The van der Waals surface area contributed by atoms with E-state index in [4.69, 9.17) is 0 Å². The molecule has 4 aromatic rings. The normalized spacial score (nSPS) is 10.2. The number of fused-ring (bicyclic) bond motifs is 2. The summed E-state index contributed by atoms with van der Waals surface area (Å²) < 4.78 is 2.24. The Bertz CT molecular complexity index is 1070. The van der Waals surface area contributed by atoms with Gasteiger partial charge in [0, 0.05) is 17.7 Å². The molecule has 0 amide bonds. The van der Waals surface area contributed by atoms with Gasteiger partial charge in [0.15, 0.2) is 0 Å². The minimum atomic E-state index is 0. The number of halogens is 1. The molecule has 0 atom stereocenters. The largest absolute Gasteiger partial charge is 1.00 e. The molecule has 0 radical (unpaired) electrons. The fourth-order valence-corrected chi connectivity index (χ4v) is 3.32. The van der Waals surface area contributed by atoms with Gasteiger partial charge >= 0.3 is 0 Å². The van der Waals surface area contributed by atoms with Gasteiger partial charge in [-0.05, 0) is 36.2 Å². The number of aryl methyl sites for hydroxylation is 2. The van der Waals surface area contributed by atoms with Crippen LogP contribution in [0, 0.1) is 11.8 Å². The van der Waals surface area contributed by atoms with Crippen LogP contribution in [0.2, 0.25) is 0 Å². The average Bonchev–Trinajstić information content (AvgIpc) is 2.68. The van der Waals surface area contributed by atoms with E-state index in [0.29, 0.717) is 0 Å². The fourth-order valence-electron chi connectivity index (χ4n) is 3.32. The number of aromatic nitrogens is 1. The van der Waals surface area contributed by atoms with Crippen LogP contribution < -0.4 is 28.5 Å². The molecule has 0 bridgehead atoms. The van der Waals surface area contributed by atoms with Gasteiger partial charge in [0.2, 0.25) is 11.0 Å². The zero-order valence-electron chi connectivity index (χ0n) is 15.0. The number of hydrogen-bond acceptors (Lipinski definition) is 0. The number of hydrogen-bond donors (Lipinski definition) is 0. The Morgan fingerprint density at radius 2 is 1.27 bits per heavy atom. The zero-order valence-corrected chi connectivity index (χ0v) is 17.1. The van der Waals surface area contributed by atoms with E-state index in [9.17, 15) is 0 Å². The third kappa shape index (κ3) is 3.32. The highest BCUT2D eigenvalue weighted by atomic mass is 127. The van der Waals surface area contributed by atoms with E-state index in [1.54, 1.807) is 0 Å². The first kappa shape index (κ1) is 18.4. The summed E-state index contributed by atoms with van der Waals surface area (Å²) in [5, 5.41) is 2.39. The Morgan fingerprint density at radius 3 is 1.81 bits per heavy atom. The SMILES string of the molecule is CCc1ccc(C#Cc2c3ccccc3[n+](C)c3ccccc23)cc1.[I-]. The van der Waals surface area contributed by atoms with Gasteiger partial charge in [0.1, 0.15) is 7.05 Å². The molecule has 0 fully saturated rings. The second-order valence-electron chi connectivity index (χ2n) is 6.27. The standard InChI is InChI=1S/C24H20N.HI/c1-3-18-12-14-19(15-13-18)16-17-20-21-8-4-6-10-23(21)25(2)24-11-7-5-9-22(20)24;/h4-15H,3H2,1-2H3;1H/q+1;/p-1. The first-order valence-electron chi connectivity index (χ1n) is 8.68. The Balaban J connectivity index is 0.00000196. The van der Waals surface area contributed by atoms with Crippen molar-refractivity contribution in [2.45, 2.75) is 13.3 Å². The molecule has 2 heteroatoms. The van der Waals surface area contributed by atoms with Crippen molar-refractivity contribution in [1.82, 2.24) is 0 Å². The molecular weight excluding hydrogens is 429 g/mol. The van der Waals surface area contributed by atoms with Crippen molar-refractivity contribution in [3.8, 4) is 11.8 Å². The molecule has 0 N–H and O–H groups in total. The second-order valence-corrected chi connectivity index (χ2v) is 6.27. The third-order valence-corrected chi connectivity index (χ3v) is 4.76. The molecule has 1 heterocycles. The summed E-state index contributed by atoms with van der Waals surface area (Å²) in [6.07, 6.45) is 1.05. The molecule has 0 aliphatic carbocycles. The lowest BCUT2D eigenvalue weighted by Gasteiger charge is -2.05. The van der Waals surface area contributed by atoms with Gasteiger partial charge < -0.3 is 24.0 Å². The lowest BCUT2D eigenvalue weighted by molar-refractivity contribution is -0.617. The first-order valence-corrected chi connectivity index (χ1v) is 8.68. The van der Waals surface area contributed by atoms with Gasteiger partial charge in [0.25, 0.3) is 0 Å². The molecule has 0 aliphatic rings. The molecule has 128 valence electrons. The van der Waals surface area contributed by atoms with E-state index in [2.05, 4.69) is 103 Å². The zero-order chi connectivity index (χ0) is 17.2. The summed E-state index contributed by atoms with van der Waals surface area (Å²) in [6, 6.07) is 25.5. The van der Waals surface area contributed by atoms with E-state index >= 15 is 0 Å². The van der Waals surface area contributed by atoms with Crippen molar-refractivity contribution < 1.29 is 28.5 Å². The second kappa shape index (κ2) is 7.88. The summed E-state index contributed by atoms with van der Waals surface area (Å²) in [5.41, 5.74) is 5.90. The Labute approximate surface area is 171 Å². The summed E-state index contributed by atoms with van der Waals surface area (Å²) in [7, 11) is 2.12. The van der Waals surface area contributed by atoms with Crippen LogP contribution in [0.4, 0.5) is 0 Å². The van der Waals surface area contributed by atoms with Crippen molar-refractivity contribution in [2.75, 3.05) is 0 Å². The summed E-state index contributed by atoms with van der Waals surface area (Å²) in [5.74, 6) is 6.81. The Kier molecular flexibility index (Phi) is 5.58. The molecule has 0 aliphatic heterocycles. The summed E-state index contributed by atoms with van der Waals surface area (Å²) in [6.45, 7) is 2.17.